The Labute approximate surface area is 169 Å². The van der Waals surface area contributed by atoms with E-state index in [1.807, 2.05) is 18.2 Å². The molecule has 2 heterocycles. The first-order valence-electron chi connectivity index (χ1n) is 10.00. The number of rotatable bonds is 5. The first-order valence-corrected chi connectivity index (χ1v) is 10.00. The molecule has 0 spiro atoms. The summed E-state index contributed by atoms with van der Waals surface area (Å²) in [5.41, 5.74) is 4.48. The van der Waals surface area contributed by atoms with Crippen molar-refractivity contribution in [1.29, 1.82) is 0 Å². The molecule has 146 valence electrons. The molecule has 5 rings (SSSR count). The molecule has 5 nitrogen and oxygen atoms in total. The highest BCUT2D eigenvalue weighted by molar-refractivity contribution is 6.07. The molecule has 0 saturated heterocycles. The van der Waals surface area contributed by atoms with Crippen molar-refractivity contribution >= 4 is 33.1 Å². The zero-order valence-electron chi connectivity index (χ0n) is 16.4. The van der Waals surface area contributed by atoms with Crippen LogP contribution in [0.3, 0.4) is 0 Å². The number of pyridine rings is 1. The molecule has 0 radical (unpaired) electrons. The van der Waals surface area contributed by atoms with Crippen LogP contribution in [0.2, 0.25) is 0 Å². The average Bonchev–Trinajstić information content (AvgIpc) is 2.76. The van der Waals surface area contributed by atoms with Gasteiger partial charge >= 0.3 is 0 Å². The molecule has 5 heteroatoms. The molecular formula is C24H24N3O2+. The van der Waals surface area contributed by atoms with Gasteiger partial charge in [-0.2, -0.15) is 0 Å². The summed E-state index contributed by atoms with van der Waals surface area (Å²) in [7, 11) is 0. The monoisotopic (exact) mass is 386 g/mol. The van der Waals surface area contributed by atoms with Gasteiger partial charge in [-0.3, -0.25) is 0 Å². The van der Waals surface area contributed by atoms with E-state index in [0.717, 1.165) is 41.7 Å². The Kier molecular flexibility index (Phi) is 4.56. The maximum Gasteiger partial charge on any atom is 0.221 e. The predicted molar refractivity (Wildman–Crippen MR) is 117 cm³/mol. The quantitative estimate of drug-likeness (QED) is 0.394. The summed E-state index contributed by atoms with van der Waals surface area (Å²) in [6.45, 7) is 4.91. The van der Waals surface area contributed by atoms with Gasteiger partial charge in [0.15, 0.2) is 17.2 Å². The average molecular weight is 386 g/mol. The van der Waals surface area contributed by atoms with Gasteiger partial charge in [-0.15, -0.1) is 0 Å². The van der Waals surface area contributed by atoms with Crippen LogP contribution in [-0.2, 0) is 0 Å². The number of nitrogens with one attached hydrogen (secondary N) is 3. The molecule has 0 amide bonds. The number of aromatic amines is 1. The number of hydrogen-bond donors (Lipinski definition) is 2. The molecule has 3 aromatic carbocycles. The zero-order chi connectivity index (χ0) is 19.6. The van der Waals surface area contributed by atoms with Crippen molar-refractivity contribution in [2.24, 2.45) is 0 Å². The number of benzene rings is 3. The van der Waals surface area contributed by atoms with Gasteiger partial charge in [0, 0.05) is 37.8 Å². The second-order valence-corrected chi connectivity index (χ2v) is 7.29. The Morgan fingerprint density at radius 1 is 0.828 bits per heavy atom. The Bertz CT molecular complexity index is 1190. The smallest absolute Gasteiger partial charge is 0.221 e. The van der Waals surface area contributed by atoms with Crippen molar-refractivity contribution in [1.82, 2.24) is 0 Å². The van der Waals surface area contributed by atoms with E-state index >= 15 is 0 Å². The first kappa shape index (κ1) is 17.6. The normalized spacial score (nSPS) is 12.9. The minimum Gasteiger partial charge on any atom is -0.486 e. The lowest BCUT2D eigenvalue weighted by Gasteiger charge is -2.19. The molecule has 0 saturated carbocycles. The molecule has 29 heavy (non-hydrogen) atoms. The van der Waals surface area contributed by atoms with Gasteiger partial charge in [-0.1, -0.05) is 24.3 Å². The van der Waals surface area contributed by atoms with E-state index in [-0.39, 0.29) is 0 Å². The lowest BCUT2D eigenvalue weighted by Crippen LogP contribution is -2.17. The molecule has 0 atom stereocenters. The Balaban J connectivity index is 1.31. The van der Waals surface area contributed by atoms with Gasteiger partial charge in [0.25, 0.3) is 0 Å². The van der Waals surface area contributed by atoms with Crippen LogP contribution in [-0.4, -0.2) is 26.3 Å². The van der Waals surface area contributed by atoms with E-state index in [4.69, 9.17) is 9.47 Å². The maximum absolute atomic E-state index is 5.65. The highest BCUT2D eigenvalue weighted by Crippen LogP contribution is 2.32. The third kappa shape index (κ3) is 3.51. The van der Waals surface area contributed by atoms with Crippen LogP contribution in [0.15, 0.2) is 60.7 Å². The summed E-state index contributed by atoms with van der Waals surface area (Å²) in [5, 5.41) is 10.7. The number of aryl methyl sites for hydroxylation is 1. The summed E-state index contributed by atoms with van der Waals surface area (Å²) in [4.78, 5) is 3.54. The Morgan fingerprint density at radius 2 is 1.66 bits per heavy atom. The molecule has 0 fully saturated rings. The van der Waals surface area contributed by atoms with Crippen molar-refractivity contribution in [3.8, 4) is 11.5 Å². The van der Waals surface area contributed by atoms with Crippen LogP contribution in [0.25, 0.3) is 21.7 Å². The molecule has 1 aliphatic rings. The van der Waals surface area contributed by atoms with E-state index < -0.39 is 0 Å². The molecule has 0 unspecified atom stereocenters. The van der Waals surface area contributed by atoms with Crippen molar-refractivity contribution in [3.05, 3.63) is 66.4 Å². The Hall–Kier alpha value is -3.47. The van der Waals surface area contributed by atoms with Gasteiger partial charge in [0.05, 0.1) is 16.5 Å². The van der Waals surface area contributed by atoms with E-state index in [1.165, 1.54) is 21.7 Å². The van der Waals surface area contributed by atoms with Crippen molar-refractivity contribution < 1.29 is 14.5 Å². The lowest BCUT2D eigenvalue weighted by atomic mass is 10.0. The predicted octanol–water partition coefficient (Wildman–Crippen LogP) is 4.41. The van der Waals surface area contributed by atoms with Gasteiger partial charge < -0.3 is 20.1 Å². The van der Waals surface area contributed by atoms with Gasteiger partial charge in [0.2, 0.25) is 5.52 Å². The molecule has 3 N–H and O–H groups in total. The maximum atomic E-state index is 5.65. The largest absolute Gasteiger partial charge is 0.486 e. The summed E-state index contributed by atoms with van der Waals surface area (Å²) >= 11 is 0. The van der Waals surface area contributed by atoms with Crippen LogP contribution >= 0.6 is 0 Å². The first-order chi connectivity index (χ1) is 14.3. The highest BCUT2D eigenvalue weighted by atomic mass is 16.6. The second-order valence-electron chi connectivity index (χ2n) is 7.29. The molecule has 4 aromatic rings. The lowest BCUT2D eigenvalue weighted by molar-refractivity contribution is -0.353. The van der Waals surface area contributed by atoms with E-state index in [2.05, 4.69) is 65.0 Å². The number of H-pyrrole nitrogens is 1. The van der Waals surface area contributed by atoms with Crippen LogP contribution < -0.4 is 25.1 Å². The van der Waals surface area contributed by atoms with Gasteiger partial charge in [-0.05, 0) is 29.7 Å². The summed E-state index contributed by atoms with van der Waals surface area (Å²) in [5.74, 6) is 1.62. The van der Waals surface area contributed by atoms with E-state index in [1.54, 1.807) is 0 Å². The van der Waals surface area contributed by atoms with Crippen LogP contribution in [0.4, 0.5) is 11.4 Å². The fourth-order valence-corrected chi connectivity index (χ4v) is 3.86. The number of ether oxygens (including phenoxy) is 2. The van der Waals surface area contributed by atoms with Crippen LogP contribution in [0.5, 0.6) is 11.5 Å². The SMILES string of the molecule is Cc1cc(NCCNc2ccc3c(c2)OCCO3)c2ccc3ccccc3c2[nH+]1. The standard InChI is InChI=1S/C24H23N3O2/c1-16-14-21(20-8-6-17-4-2-3-5-19(17)24(20)27-16)26-11-10-25-18-7-9-22-23(15-18)29-13-12-28-22/h2-9,14-15,25H,10-13H2,1H3,(H,26,27)/p+1. The second kappa shape index (κ2) is 7.51. The van der Waals surface area contributed by atoms with E-state index in [0.29, 0.717) is 13.2 Å². The van der Waals surface area contributed by atoms with Crippen molar-refractivity contribution in [2.45, 2.75) is 6.92 Å². The Morgan fingerprint density at radius 3 is 2.59 bits per heavy atom. The van der Waals surface area contributed by atoms with Crippen molar-refractivity contribution in [3.63, 3.8) is 0 Å². The number of fused-ring (bicyclic) bond motifs is 4. The molecule has 1 aliphatic heterocycles. The fourth-order valence-electron chi connectivity index (χ4n) is 3.86. The highest BCUT2D eigenvalue weighted by Gasteiger charge is 2.13. The topological polar surface area (TPSA) is 56.7 Å². The minimum absolute atomic E-state index is 0.601. The number of hydrogen-bond acceptors (Lipinski definition) is 4. The summed E-state index contributed by atoms with van der Waals surface area (Å²) in [6, 6.07) is 21.0. The zero-order valence-corrected chi connectivity index (χ0v) is 16.4. The molecule has 1 aromatic heterocycles. The molecule has 0 aliphatic carbocycles. The summed E-state index contributed by atoms with van der Waals surface area (Å²) in [6.07, 6.45) is 0. The van der Waals surface area contributed by atoms with E-state index in [9.17, 15) is 0 Å². The van der Waals surface area contributed by atoms with Crippen molar-refractivity contribution in [2.75, 3.05) is 36.9 Å². The van der Waals surface area contributed by atoms with Gasteiger partial charge in [-0.25, -0.2) is 4.98 Å². The van der Waals surface area contributed by atoms with Crippen LogP contribution in [0.1, 0.15) is 5.69 Å². The molecular weight excluding hydrogens is 362 g/mol. The number of anilines is 2. The number of aromatic nitrogens is 1. The summed E-state index contributed by atoms with van der Waals surface area (Å²) < 4.78 is 11.2. The fraction of sp³-hybridized carbons (Fsp3) is 0.208. The third-order valence-electron chi connectivity index (χ3n) is 5.21. The van der Waals surface area contributed by atoms with Gasteiger partial charge in [0.1, 0.15) is 13.2 Å². The molecule has 0 bridgehead atoms. The third-order valence-corrected chi connectivity index (χ3v) is 5.21. The minimum atomic E-state index is 0.601. The van der Waals surface area contributed by atoms with Crippen LogP contribution in [0, 0.1) is 6.92 Å².